The molecule has 0 radical (unpaired) electrons. The summed E-state index contributed by atoms with van der Waals surface area (Å²) in [5, 5.41) is 2.39. The molecule has 2 fully saturated rings. The first kappa shape index (κ1) is 24.8. The van der Waals surface area contributed by atoms with Crippen LogP contribution in [0.25, 0.3) is 6.08 Å². The summed E-state index contributed by atoms with van der Waals surface area (Å²) in [6, 6.07) is 14.8. The number of anilines is 2. The van der Waals surface area contributed by atoms with E-state index in [9.17, 15) is 14.4 Å². The molecular formula is C26H29N3O5S. The molecule has 35 heavy (non-hydrogen) atoms. The number of rotatable bonds is 8. The predicted octanol–water partition coefficient (Wildman–Crippen LogP) is 4.38. The van der Waals surface area contributed by atoms with Crippen LogP contribution in [0.1, 0.15) is 25.8 Å². The van der Waals surface area contributed by atoms with E-state index >= 15 is 0 Å². The first-order valence-electron chi connectivity index (χ1n) is 11.7. The molecule has 1 N–H and O–H groups in total. The van der Waals surface area contributed by atoms with Gasteiger partial charge in [-0.3, -0.25) is 19.3 Å². The van der Waals surface area contributed by atoms with Gasteiger partial charge in [-0.05, 0) is 61.0 Å². The summed E-state index contributed by atoms with van der Waals surface area (Å²) in [6.07, 6.45) is 2.68. The highest BCUT2D eigenvalue weighted by Gasteiger charge is 2.36. The van der Waals surface area contributed by atoms with Crippen LogP contribution in [-0.2, 0) is 14.3 Å². The molecule has 2 heterocycles. The van der Waals surface area contributed by atoms with Crippen molar-refractivity contribution in [3.63, 3.8) is 0 Å². The summed E-state index contributed by atoms with van der Waals surface area (Å²) in [5.74, 6) is -0.156. The first-order valence-corrected chi connectivity index (χ1v) is 12.5. The topological polar surface area (TPSA) is 88.2 Å². The largest absolute Gasteiger partial charge is 0.491 e. The van der Waals surface area contributed by atoms with Crippen molar-refractivity contribution in [2.24, 2.45) is 0 Å². The lowest BCUT2D eigenvalue weighted by Gasteiger charge is -2.30. The van der Waals surface area contributed by atoms with Crippen molar-refractivity contribution in [3.8, 4) is 5.75 Å². The minimum absolute atomic E-state index is 0.115. The van der Waals surface area contributed by atoms with E-state index in [1.807, 2.05) is 55.5 Å². The predicted molar refractivity (Wildman–Crippen MR) is 138 cm³/mol. The average Bonchev–Trinajstić information content (AvgIpc) is 3.13. The summed E-state index contributed by atoms with van der Waals surface area (Å²) < 4.78 is 11.2. The zero-order valence-electron chi connectivity index (χ0n) is 19.9. The fourth-order valence-corrected chi connectivity index (χ4v) is 4.58. The minimum Gasteiger partial charge on any atom is -0.491 e. The van der Waals surface area contributed by atoms with Crippen molar-refractivity contribution < 1.29 is 23.9 Å². The molecule has 1 atom stereocenters. The number of nitrogens with zero attached hydrogens (tertiary/aromatic N) is 2. The molecule has 2 aliphatic heterocycles. The molecule has 2 saturated heterocycles. The summed E-state index contributed by atoms with van der Waals surface area (Å²) in [7, 11) is 0. The normalized spacial score (nSPS) is 18.2. The van der Waals surface area contributed by atoms with Gasteiger partial charge < -0.3 is 19.7 Å². The van der Waals surface area contributed by atoms with E-state index in [0.29, 0.717) is 18.9 Å². The number of imide groups is 1. The number of ether oxygens (including phenoxy) is 2. The third-order valence-electron chi connectivity index (χ3n) is 5.80. The SMILES string of the molecule is CC[C@@H](C)Oc1ccc(/C=C2\SC(=O)N(CC(=O)Nc3ccccc3N3CCOCC3)C2=O)cc1. The molecule has 0 spiro atoms. The third-order valence-corrected chi connectivity index (χ3v) is 6.70. The lowest BCUT2D eigenvalue weighted by atomic mass is 10.2. The summed E-state index contributed by atoms with van der Waals surface area (Å²) in [4.78, 5) is 41.5. The van der Waals surface area contributed by atoms with Crippen LogP contribution in [-0.4, -0.2) is 60.9 Å². The fraction of sp³-hybridized carbons (Fsp3) is 0.346. The Morgan fingerprint density at radius 1 is 1.14 bits per heavy atom. The van der Waals surface area contributed by atoms with E-state index in [2.05, 4.69) is 17.1 Å². The Morgan fingerprint density at radius 3 is 2.57 bits per heavy atom. The maximum absolute atomic E-state index is 12.9. The van der Waals surface area contributed by atoms with Crippen LogP contribution in [0, 0.1) is 0 Å². The zero-order valence-corrected chi connectivity index (χ0v) is 20.7. The van der Waals surface area contributed by atoms with Gasteiger partial charge in [0.05, 0.1) is 35.6 Å². The molecule has 9 heteroatoms. The Morgan fingerprint density at radius 2 is 1.86 bits per heavy atom. The number of amides is 3. The number of carbonyl (C=O) groups excluding carboxylic acids is 3. The Labute approximate surface area is 209 Å². The van der Waals surface area contributed by atoms with Crippen LogP contribution in [0.15, 0.2) is 53.4 Å². The van der Waals surface area contributed by atoms with Gasteiger partial charge in [0.15, 0.2) is 0 Å². The molecule has 2 aliphatic rings. The first-order chi connectivity index (χ1) is 16.9. The number of hydrogen-bond donors (Lipinski definition) is 1. The smallest absolute Gasteiger partial charge is 0.294 e. The van der Waals surface area contributed by atoms with Crippen LogP contribution in [0.4, 0.5) is 16.2 Å². The van der Waals surface area contributed by atoms with Crippen molar-refractivity contribution in [2.45, 2.75) is 26.4 Å². The number of benzene rings is 2. The standard InChI is InChI=1S/C26H29N3O5S/c1-3-18(2)34-20-10-8-19(9-11-20)16-23-25(31)29(26(32)35-23)17-24(30)27-21-6-4-5-7-22(21)28-12-14-33-15-13-28/h4-11,16,18H,3,12-15,17H2,1-2H3,(H,27,30)/b23-16-/t18-/m1/s1. The number of hydrogen-bond acceptors (Lipinski definition) is 7. The van der Waals surface area contributed by atoms with E-state index in [-0.39, 0.29) is 17.6 Å². The number of carbonyl (C=O) groups is 3. The Balaban J connectivity index is 1.40. The number of thioether (sulfide) groups is 1. The lowest BCUT2D eigenvalue weighted by molar-refractivity contribution is -0.127. The van der Waals surface area contributed by atoms with Gasteiger partial charge >= 0.3 is 0 Å². The number of nitrogens with one attached hydrogen (secondary N) is 1. The van der Waals surface area contributed by atoms with E-state index in [1.54, 1.807) is 6.08 Å². The molecule has 4 rings (SSSR count). The minimum atomic E-state index is -0.475. The van der Waals surface area contributed by atoms with Crippen LogP contribution in [0.5, 0.6) is 5.75 Å². The van der Waals surface area contributed by atoms with Crippen molar-refractivity contribution in [1.82, 2.24) is 4.90 Å². The zero-order chi connectivity index (χ0) is 24.8. The van der Waals surface area contributed by atoms with Gasteiger partial charge in [0, 0.05) is 13.1 Å². The van der Waals surface area contributed by atoms with Crippen LogP contribution >= 0.6 is 11.8 Å². The van der Waals surface area contributed by atoms with Gasteiger partial charge in [-0.25, -0.2) is 0 Å². The van der Waals surface area contributed by atoms with Gasteiger partial charge in [-0.2, -0.15) is 0 Å². The maximum Gasteiger partial charge on any atom is 0.294 e. The molecule has 2 aromatic rings. The summed E-state index contributed by atoms with van der Waals surface area (Å²) in [5.41, 5.74) is 2.30. The van der Waals surface area contributed by atoms with E-state index in [4.69, 9.17) is 9.47 Å². The molecule has 2 aromatic carbocycles. The molecule has 0 saturated carbocycles. The third kappa shape index (κ3) is 6.23. The van der Waals surface area contributed by atoms with Gasteiger partial charge in [0.1, 0.15) is 12.3 Å². The Bertz CT molecular complexity index is 1110. The highest BCUT2D eigenvalue weighted by atomic mass is 32.2. The molecule has 184 valence electrons. The number of para-hydroxylation sites is 2. The fourth-order valence-electron chi connectivity index (χ4n) is 3.74. The second kappa shape index (κ2) is 11.4. The highest BCUT2D eigenvalue weighted by Crippen LogP contribution is 2.33. The van der Waals surface area contributed by atoms with Crippen LogP contribution in [0.2, 0.25) is 0 Å². The Kier molecular flexibility index (Phi) is 8.09. The quantitative estimate of drug-likeness (QED) is 0.544. The molecule has 0 unspecified atom stereocenters. The molecular weight excluding hydrogens is 466 g/mol. The van der Waals surface area contributed by atoms with Gasteiger partial charge in [0.2, 0.25) is 5.91 Å². The van der Waals surface area contributed by atoms with Gasteiger partial charge in [-0.15, -0.1) is 0 Å². The van der Waals surface area contributed by atoms with Crippen LogP contribution in [0.3, 0.4) is 0 Å². The molecule has 8 nitrogen and oxygen atoms in total. The van der Waals surface area contributed by atoms with Crippen molar-refractivity contribution >= 4 is 46.3 Å². The van der Waals surface area contributed by atoms with E-state index in [1.165, 1.54) is 0 Å². The van der Waals surface area contributed by atoms with Gasteiger partial charge in [0.25, 0.3) is 11.1 Å². The van der Waals surface area contributed by atoms with Crippen LogP contribution < -0.4 is 15.0 Å². The average molecular weight is 496 g/mol. The Hall–Kier alpha value is -3.30. The lowest BCUT2D eigenvalue weighted by Crippen LogP contribution is -2.38. The van der Waals surface area contributed by atoms with Crippen molar-refractivity contribution in [2.75, 3.05) is 43.1 Å². The molecule has 0 bridgehead atoms. The summed E-state index contributed by atoms with van der Waals surface area (Å²) in [6.45, 7) is 6.41. The molecule has 3 amide bonds. The second-order valence-electron chi connectivity index (χ2n) is 8.34. The maximum atomic E-state index is 12.9. The van der Waals surface area contributed by atoms with E-state index in [0.717, 1.165) is 53.2 Å². The highest BCUT2D eigenvalue weighted by molar-refractivity contribution is 8.18. The second-order valence-corrected chi connectivity index (χ2v) is 9.33. The summed E-state index contributed by atoms with van der Waals surface area (Å²) >= 11 is 0.834. The molecule has 0 aliphatic carbocycles. The van der Waals surface area contributed by atoms with Gasteiger partial charge in [-0.1, -0.05) is 31.2 Å². The van der Waals surface area contributed by atoms with Crippen molar-refractivity contribution in [1.29, 1.82) is 0 Å². The number of morpholine rings is 1. The monoisotopic (exact) mass is 495 g/mol. The van der Waals surface area contributed by atoms with Crippen molar-refractivity contribution in [3.05, 3.63) is 59.0 Å². The molecule has 0 aromatic heterocycles. The van der Waals surface area contributed by atoms with E-state index < -0.39 is 17.1 Å².